The molecule has 4 heteroatoms. The van der Waals surface area contributed by atoms with Gasteiger partial charge in [0.05, 0.1) is 6.54 Å². The van der Waals surface area contributed by atoms with Crippen LogP contribution in [0.2, 0.25) is 0 Å². The van der Waals surface area contributed by atoms with Crippen LogP contribution in [0.25, 0.3) is 5.57 Å². The average Bonchev–Trinajstić information content (AvgIpc) is 2.86. The van der Waals surface area contributed by atoms with Gasteiger partial charge >= 0.3 is 0 Å². The standard InChI is InChI=1S/C15H15BrN2O/c16-15-10-14(19-17-15)11-18-8-6-13(7-9-18)12-4-2-1-3-5-12/h1-6,10H,7-9,11H2. The Labute approximate surface area is 121 Å². The van der Waals surface area contributed by atoms with Gasteiger partial charge < -0.3 is 4.52 Å². The Morgan fingerprint density at radius 3 is 2.74 bits per heavy atom. The van der Waals surface area contributed by atoms with Crippen LogP contribution in [-0.4, -0.2) is 23.1 Å². The zero-order chi connectivity index (χ0) is 13.1. The number of rotatable bonds is 3. The fourth-order valence-corrected chi connectivity index (χ4v) is 2.68. The molecule has 1 aliphatic rings. The SMILES string of the molecule is Brc1cc(CN2CC=C(c3ccccc3)CC2)on1. The summed E-state index contributed by atoms with van der Waals surface area (Å²) < 4.78 is 5.98. The molecule has 19 heavy (non-hydrogen) atoms. The zero-order valence-corrected chi connectivity index (χ0v) is 12.1. The van der Waals surface area contributed by atoms with Gasteiger partial charge in [-0.1, -0.05) is 41.6 Å². The third-order valence-corrected chi connectivity index (χ3v) is 3.72. The van der Waals surface area contributed by atoms with Crippen LogP contribution in [0.1, 0.15) is 17.7 Å². The Morgan fingerprint density at radius 2 is 2.11 bits per heavy atom. The van der Waals surface area contributed by atoms with Gasteiger partial charge in [-0.05, 0) is 33.5 Å². The van der Waals surface area contributed by atoms with Gasteiger partial charge in [0.1, 0.15) is 4.60 Å². The summed E-state index contributed by atoms with van der Waals surface area (Å²) >= 11 is 3.30. The van der Waals surface area contributed by atoms with Crippen molar-refractivity contribution in [2.45, 2.75) is 13.0 Å². The van der Waals surface area contributed by atoms with Gasteiger partial charge in [-0.3, -0.25) is 4.90 Å². The van der Waals surface area contributed by atoms with E-state index in [1.807, 2.05) is 6.07 Å². The summed E-state index contributed by atoms with van der Waals surface area (Å²) in [4.78, 5) is 2.36. The Balaban J connectivity index is 1.64. The molecular formula is C15H15BrN2O. The Kier molecular flexibility index (Phi) is 3.80. The van der Waals surface area contributed by atoms with E-state index >= 15 is 0 Å². The van der Waals surface area contributed by atoms with Crippen molar-refractivity contribution in [3.05, 3.63) is 58.4 Å². The zero-order valence-electron chi connectivity index (χ0n) is 10.6. The topological polar surface area (TPSA) is 29.3 Å². The minimum atomic E-state index is 0.764. The molecular weight excluding hydrogens is 304 g/mol. The van der Waals surface area contributed by atoms with E-state index in [9.17, 15) is 0 Å². The van der Waals surface area contributed by atoms with E-state index in [1.54, 1.807) is 0 Å². The quantitative estimate of drug-likeness (QED) is 0.863. The van der Waals surface area contributed by atoms with E-state index in [4.69, 9.17) is 4.52 Å². The molecule has 0 unspecified atom stereocenters. The number of hydrogen-bond donors (Lipinski definition) is 0. The van der Waals surface area contributed by atoms with Crippen LogP contribution in [0.4, 0.5) is 0 Å². The van der Waals surface area contributed by atoms with Crippen LogP contribution in [0.5, 0.6) is 0 Å². The van der Waals surface area contributed by atoms with Crippen molar-refractivity contribution in [2.75, 3.05) is 13.1 Å². The first-order chi connectivity index (χ1) is 9.31. The molecule has 0 aliphatic carbocycles. The molecule has 0 fully saturated rings. The van der Waals surface area contributed by atoms with Gasteiger partial charge in [0.25, 0.3) is 0 Å². The Bertz CT molecular complexity index is 577. The van der Waals surface area contributed by atoms with Crippen LogP contribution < -0.4 is 0 Å². The largest absolute Gasteiger partial charge is 0.359 e. The molecule has 1 aromatic carbocycles. The number of hydrogen-bond acceptors (Lipinski definition) is 3. The second-order valence-corrected chi connectivity index (χ2v) is 5.51. The number of nitrogens with zero attached hydrogens (tertiary/aromatic N) is 2. The molecule has 98 valence electrons. The van der Waals surface area contributed by atoms with Crippen molar-refractivity contribution in [1.82, 2.24) is 10.1 Å². The molecule has 2 heterocycles. The second kappa shape index (κ2) is 5.72. The molecule has 0 saturated heterocycles. The molecule has 1 aromatic heterocycles. The third kappa shape index (κ3) is 3.14. The molecule has 0 bridgehead atoms. The molecule has 0 radical (unpaired) electrons. The lowest BCUT2D eigenvalue weighted by Gasteiger charge is -2.25. The van der Waals surface area contributed by atoms with E-state index in [0.29, 0.717) is 0 Å². The molecule has 2 aromatic rings. The lowest BCUT2D eigenvalue weighted by molar-refractivity contribution is 0.250. The highest BCUT2D eigenvalue weighted by Crippen LogP contribution is 2.23. The maximum absolute atomic E-state index is 5.22. The van der Waals surface area contributed by atoms with Gasteiger partial charge in [0.15, 0.2) is 5.76 Å². The summed E-state index contributed by atoms with van der Waals surface area (Å²) in [6.45, 7) is 2.83. The molecule has 0 spiro atoms. The first-order valence-corrected chi connectivity index (χ1v) is 7.18. The summed E-state index contributed by atoms with van der Waals surface area (Å²) in [5, 5.41) is 3.84. The van der Waals surface area contributed by atoms with Crippen molar-refractivity contribution in [3.63, 3.8) is 0 Å². The third-order valence-electron chi connectivity index (χ3n) is 3.35. The van der Waals surface area contributed by atoms with E-state index in [1.165, 1.54) is 11.1 Å². The van der Waals surface area contributed by atoms with E-state index < -0.39 is 0 Å². The van der Waals surface area contributed by atoms with Gasteiger partial charge in [0, 0.05) is 19.2 Å². The first-order valence-electron chi connectivity index (χ1n) is 6.39. The van der Waals surface area contributed by atoms with Crippen LogP contribution in [0.3, 0.4) is 0 Å². The smallest absolute Gasteiger partial charge is 0.151 e. The van der Waals surface area contributed by atoms with Gasteiger partial charge in [-0.25, -0.2) is 0 Å². The lowest BCUT2D eigenvalue weighted by atomic mass is 9.99. The monoisotopic (exact) mass is 318 g/mol. The fraction of sp³-hybridized carbons (Fsp3) is 0.267. The highest BCUT2D eigenvalue weighted by Gasteiger charge is 2.14. The van der Waals surface area contributed by atoms with E-state index in [-0.39, 0.29) is 0 Å². The van der Waals surface area contributed by atoms with Crippen molar-refractivity contribution in [3.8, 4) is 0 Å². The summed E-state index contributed by atoms with van der Waals surface area (Å²) in [5.41, 5.74) is 2.78. The van der Waals surface area contributed by atoms with Gasteiger partial charge in [-0.15, -0.1) is 0 Å². The molecule has 0 atom stereocenters. The summed E-state index contributed by atoms with van der Waals surface area (Å²) in [6.07, 6.45) is 3.39. The first kappa shape index (κ1) is 12.6. The highest BCUT2D eigenvalue weighted by molar-refractivity contribution is 9.10. The van der Waals surface area contributed by atoms with Crippen LogP contribution in [0.15, 0.2) is 51.6 Å². The predicted molar refractivity (Wildman–Crippen MR) is 78.5 cm³/mol. The maximum atomic E-state index is 5.22. The maximum Gasteiger partial charge on any atom is 0.151 e. The van der Waals surface area contributed by atoms with E-state index in [2.05, 4.69) is 62.4 Å². The minimum absolute atomic E-state index is 0.764. The van der Waals surface area contributed by atoms with Crippen molar-refractivity contribution >= 4 is 21.5 Å². The minimum Gasteiger partial charge on any atom is -0.359 e. The number of halogens is 1. The van der Waals surface area contributed by atoms with Crippen molar-refractivity contribution in [2.24, 2.45) is 0 Å². The summed E-state index contributed by atoms with van der Waals surface area (Å²) in [5.74, 6) is 0.906. The Hall–Kier alpha value is -1.39. The van der Waals surface area contributed by atoms with Crippen molar-refractivity contribution < 1.29 is 4.52 Å². The van der Waals surface area contributed by atoms with Crippen LogP contribution >= 0.6 is 15.9 Å². The molecule has 0 N–H and O–H groups in total. The van der Waals surface area contributed by atoms with Gasteiger partial charge in [0.2, 0.25) is 0 Å². The van der Waals surface area contributed by atoms with E-state index in [0.717, 1.165) is 36.4 Å². The van der Waals surface area contributed by atoms with Crippen LogP contribution in [-0.2, 0) is 6.54 Å². The predicted octanol–water partition coefficient (Wildman–Crippen LogP) is 3.73. The second-order valence-electron chi connectivity index (χ2n) is 4.70. The van der Waals surface area contributed by atoms with Crippen LogP contribution in [0, 0.1) is 0 Å². The van der Waals surface area contributed by atoms with Gasteiger partial charge in [-0.2, -0.15) is 0 Å². The summed E-state index contributed by atoms with van der Waals surface area (Å²) in [6, 6.07) is 12.5. The molecule has 0 saturated carbocycles. The normalized spacial score (nSPS) is 16.4. The number of benzene rings is 1. The fourth-order valence-electron chi connectivity index (χ4n) is 2.35. The molecule has 3 nitrogen and oxygen atoms in total. The summed E-state index contributed by atoms with van der Waals surface area (Å²) in [7, 11) is 0. The molecule has 3 rings (SSSR count). The molecule has 1 aliphatic heterocycles. The lowest BCUT2D eigenvalue weighted by Crippen LogP contribution is -2.27. The molecule has 0 amide bonds. The number of aromatic nitrogens is 1. The Morgan fingerprint density at radius 1 is 1.26 bits per heavy atom. The average molecular weight is 319 g/mol. The van der Waals surface area contributed by atoms with Crippen molar-refractivity contribution in [1.29, 1.82) is 0 Å². The highest BCUT2D eigenvalue weighted by atomic mass is 79.9.